The number of thiophene rings is 1. The minimum absolute atomic E-state index is 0.0111. The van der Waals surface area contributed by atoms with Gasteiger partial charge in [0, 0.05) is 47.7 Å². The van der Waals surface area contributed by atoms with Gasteiger partial charge >= 0.3 is 13.5 Å². The molecule has 0 unspecified atom stereocenters. The van der Waals surface area contributed by atoms with Crippen molar-refractivity contribution >= 4 is 52.6 Å². The first-order valence-corrected chi connectivity index (χ1v) is 21.4. The Morgan fingerprint density at radius 1 is 1.05 bits per heavy atom. The molecule has 3 aliphatic heterocycles. The van der Waals surface area contributed by atoms with E-state index < -0.39 is 43.4 Å². The first kappa shape index (κ1) is 39.5. The van der Waals surface area contributed by atoms with Crippen LogP contribution in [0.3, 0.4) is 0 Å². The van der Waals surface area contributed by atoms with Crippen molar-refractivity contribution in [2.45, 2.75) is 88.4 Å². The summed E-state index contributed by atoms with van der Waals surface area (Å²) in [5.74, 6) is -4.20. The van der Waals surface area contributed by atoms with Crippen LogP contribution in [0.5, 0.6) is 5.75 Å². The summed E-state index contributed by atoms with van der Waals surface area (Å²) >= 11 is 1.16. The third-order valence-electron chi connectivity index (χ3n) is 10.6. The molecular weight excluding hydrogens is 764 g/mol. The van der Waals surface area contributed by atoms with Crippen LogP contribution in [0.2, 0.25) is 0 Å². The molecule has 4 aromatic rings. The fourth-order valence-corrected chi connectivity index (χ4v) is 10.5. The summed E-state index contributed by atoms with van der Waals surface area (Å²) in [6.07, 6.45) is 6.48. The number of aromatic nitrogens is 1. The zero-order chi connectivity index (χ0) is 39.6. The molecule has 12 nitrogen and oxygen atoms in total. The zero-order valence-corrected chi connectivity index (χ0v) is 32.8. The van der Waals surface area contributed by atoms with Crippen molar-refractivity contribution in [3.63, 3.8) is 0 Å². The molecule has 3 aliphatic rings. The summed E-state index contributed by atoms with van der Waals surface area (Å²) in [6.45, 7) is 4.11. The average molecular weight is 808 g/mol. The van der Waals surface area contributed by atoms with E-state index in [-0.39, 0.29) is 47.5 Å². The predicted molar refractivity (Wildman–Crippen MR) is 206 cm³/mol. The van der Waals surface area contributed by atoms with E-state index in [0.717, 1.165) is 11.3 Å². The lowest BCUT2D eigenvalue weighted by molar-refractivity contribution is -0.148. The Morgan fingerprint density at radius 3 is 2.59 bits per heavy atom. The topological polar surface area (TPSA) is 147 Å². The number of carbonyl (C=O) groups is 4. The molecule has 16 heteroatoms. The molecule has 6 atom stereocenters. The molecule has 2 aromatic heterocycles. The van der Waals surface area contributed by atoms with Crippen molar-refractivity contribution in [2.24, 2.45) is 0 Å². The maximum Gasteiger partial charge on any atom is 0.355 e. The Morgan fingerprint density at radius 2 is 1.84 bits per heavy atom. The number of nitrogens with one attached hydrogen (secondary N) is 2. The molecule has 0 aliphatic carbocycles. The summed E-state index contributed by atoms with van der Waals surface area (Å²) in [5.41, 5.74) is 0.485. The van der Waals surface area contributed by atoms with Gasteiger partial charge in [0.25, 0.3) is 5.91 Å². The standard InChI is InChI=1S/C40H44F2N5O7PS/c1-3-18-53-40(51)24(2)45-55(52,54-29-9-5-4-6-10-29)36(42)25-12-15-34-26(19-25)20-35(56-34)37(48)44-32-11-7-8-28-13-14-33(47(28)38(32)49)39(50)46-22-27(23-46)30-21-43-17-16-31(30)41/h4-6,9-10,12,15-17,19-21,24,27-28,32-33,36H,3,7-8,11,13-14,18,22-23H2,1-2H3,(H,44,48)(H,45,52)/t24-,28-,32-,33-,36-,55-/m0/s1. The Bertz CT molecular complexity index is 2150. The highest BCUT2D eigenvalue weighted by Gasteiger charge is 2.48. The van der Waals surface area contributed by atoms with Crippen LogP contribution in [-0.2, 0) is 23.7 Å². The highest BCUT2D eigenvalue weighted by Crippen LogP contribution is 2.58. The third kappa shape index (κ3) is 8.21. The number of para-hydroxylation sites is 1. The van der Waals surface area contributed by atoms with Gasteiger partial charge in [0.05, 0.1) is 11.5 Å². The summed E-state index contributed by atoms with van der Waals surface area (Å²) in [4.78, 5) is 61.5. The van der Waals surface area contributed by atoms with Crippen molar-refractivity contribution < 1.29 is 41.8 Å². The molecule has 296 valence electrons. The smallest absolute Gasteiger partial charge is 0.355 e. The minimum atomic E-state index is -4.45. The minimum Gasteiger partial charge on any atom is -0.465 e. The van der Waals surface area contributed by atoms with E-state index in [9.17, 15) is 28.1 Å². The molecule has 7 rings (SSSR count). The quantitative estimate of drug-likeness (QED) is 0.109. The Balaban J connectivity index is 1.04. The summed E-state index contributed by atoms with van der Waals surface area (Å²) < 4.78 is 56.6. The summed E-state index contributed by atoms with van der Waals surface area (Å²) in [5, 5.41) is 5.98. The van der Waals surface area contributed by atoms with Crippen LogP contribution in [0, 0.1) is 5.82 Å². The van der Waals surface area contributed by atoms with Gasteiger partial charge in [-0.15, -0.1) is 11.3 Å². The van der Waals surface area contributed by atoms with Gasteiger partial charge in [0.1, 0.15) is 29.7 Å². The number of halogens is 2. The first-order chi connectivity index (χ1) is 27.0. The normalized spacial score (nSPS) is 22.0. The molecule has 56 heavy (non-hydrogen) atoms. The molecule has 0 spiro atoms. The van der Waals surface area contributed by atoms with Crippen molar-refractivity contribution in [3.05, 3.63) is 94.9 Å². The van der Waals surface area contributed by atoms with Crippen molar-refractivity contribution in [2.75, 3.05) is 19.7 Å². The summed E-state index contributed by atoms with van der Waals surface area (Å²) in [6, 6.07) is 12.8. The molecule has 3 amide bonds. The number of alkyl halides is 1. The number of likely N-dealkylation sites (tertiary alicyclic amines) is 1. The molecule has 0 bridgehead atoms. The van der Waals surface area contributed by atoms with Gasteiger partial charge in [-0.3, -0.25) is 28.7 Å². The van der Waals surface area contributed by atoms with Gasteiger partial charge in [-0.25, -0.2) is 13.9 Å². The number of amides is 3. The van der Waals surface area contributed by atoms with Crippen LogP contribution in [0.1, 0.15) is 85.0 Å². The van der Waals surface area contributed by atoms with Crippen LogP contribution in [0.15, 0.2) is 73.1 Å². The number of benzene rings is 2. The van der Waals surface area contributed by atoms with Gasteiger partial charge in [-0.1, -0.05) is 31.2 Å². The fourth-order valence-electron chi connectivity index (χ4n) is 7.67. The third-order valence-corrected chi connectivity index (χ3v) is 13.8. The van der Waals surface area contributed by atoms with Crippen molar-refractivity contribution in [1.82, 2.24) is 25.2 Å². The van der Waals surface area contributed by atoms with Gasteiger partial charge in [-0.05, 0) is 92.8 Å². The van der Waals surface area contributed by atoms with Crippen molar-refractivity contribution in [3.8, 4) is 5.75 Å². The molecular formula is C40H44F2N5O7PS. The first-order valence-electron chi connectivity index (χ1n) is 18.9. The van der Waals surface area contributed by atoms with E-state index in [2.05, 4.69) is 15.4 Å². The summed E-state index contributed by atoms with van der Waals surface area (Å²) in [7, 11) is -4.45. The lowest BCUT2D eigenvalue weighted by atomic mass is 9.91. The number of ether oxygens (including phenoxy) is 1. The number of hydrogen-bond donors (Lipinski definition) is 2. The largest absolute Gasteiger partial charge is 0.465 e. The Kier molecular flexibility index (Phi) is 11.8. The Labute approximate surface area is 327 Å². The molecule has 0 radical (unpaired) electrons. The lowest BCUT2D eigenvalue weighted by Crippen LogP contribution is -2.58. The monoisotopic (exact) mass is 807 g/mol. The van der Waals surface area contributed by atoms with E-state index in [0.29, 0.717) is 72.1 Å². The molecule has 0 saturated carbocycles. The lowest BCUT2D eigenvalue weighted by Gasteiger charge is -2.42. The van der Waals surface area contributed by atoms with E-state index in [1.54, 1.807) is 40.1 Å². The second-order valence-corrected chi connectivity index (χ2v) is 17.7. The second kappa shape index (κ2) is 16.8. The van der Waals surface area contributed by atoms with Gasteiger partial charge < -0.3 is 24.4 Å². The Hall–Kier alpha value is -4.72. The molecule has 5 heterocycles. The highest BCUT2D eigenvalue weighted by atomic mass is 32.1. The maximum absolute atomic E-state index is 16.4. The number of nitrogens with zero attached hydrogens (tertiary/aromatic N) is 3. The number of esters is 1. The fraction of sp³-hybridized carbons (Fsp3) is 0.425. The van der Waals surface area contributed by atoms with Crippen LogP contribution in [0.4, 0.5) is 8.78 Å². The molecule has 3 fully saturated rings. The number of pyridine rings is 1. The van der Waals surface area contributed by atoms with E-state index in [1.807, 2.05) is 6.92 Å². The second-order valence-electron chi connectivity index (χ2n) is 14.6. The van der Waals surface area contributed by atoms with E-state index in [1.165, 1.54) is 49.6 Å². The van der Waals surface area contributed by atoms with Crippen LogP contribution in [-0.4, -0.2) is 82.3 Å². The van der Waals surface area contributed by atoms with Crippen molar-refractivity contribution in [1.29, 1.82) is 0 Å². The van der Waals surface area contributed by atoms with Crippen LogP contribution >= 0.6 is 18.9 Å². The van der Waals surface area contributed by atoms with E-state index in [4.69, 9.17) is 9.26 Å². The van der Waals surface area contributed by atoms with E-state index >= 15 is 4.39 Å². The predicted octanol–water partition coefficient (Wildman–Crippen LogP) is 6.87. The van der Waals surface area contributed by atoms with Gasteiger partial charge in [-0.2, -0.15) is 0 Å². The SMILES string of the molecule is CCCOC(=O)[C@H](C)N[P@@](=O)(Oc1ccccc1)[C@H](F)c1ccc2sc(C(=O)N[C@H]3CCC[C@H]4CC[C@@H](C(=O)N5CC(c6cnccc6F)C5)N4C3=O)cc2c1. The van der Waals surface area contributed by atoms with Crippen LogP contribution in [0.25, 0.3) is 10.1 Å². The number of fused-ring (bicyclic) bond motifs is 2. The number of hydrogen-bond acceptors (Lipinski definition) is 9. The maximum atomic E-state index is 16.4. The number of rotatable bonds is 13. The van der Waals surface area contributed by atoms with Gasteiger partial charge in [0.2, 0.25) is 17.7 Å². The molecule has 2 aromatic carbocycles. The molecule has 2 N–H and O–H groups in total. The highest BCUT2D eigenvalue weighted by molar-refractivity contribution is 7.57. The van der Waals surface area contributed by atoms with Crippen LogP contribution < -0.4 is 14.9 Å². The average Bonchev–Trinajstić information content (AvgIpc) is 3.77. The van der Waals surface area contributed by atoms with Gasteiger partial charge in [0.15, 0.2) is 0 Å². The zero-order valence-electron chi connectivity index (χ0n) is 31.1. The number of carbonyl (C=O) groups excluding carboxylic acids is 4. The molecule has 3 saturated heterocycles.